The number of benzene rings is 1. The number of nitrogens with zero attached hydrogens (tertiary/aromatic N) is 1. The largest absolute Gasteiger partial charge is 0.385 e. The number of nitro groups is 1. The van der Waals surface area contributed by atoms with Gasteiger partial charge >= 0.3 is 0 Å². The fraction of sp³-hybridized carbons (Fsp3) is 0.429. The molecule has 2 bridgehead atoms. The highest BCUT2D eigenvalue weighted by Crippen LogP contribution is 2.43. The number of allylic oxidation sites excluding steroid dienone is 2. The maximum Gasteiger partial charge on any atom is 0.269 e. The Morgan fingerprint density at radius 1 is 1.22 bits per heavy atom. The highest BCUT2D eigenvalue weighted by molar-refractivity contribution is 5.48. The molecule has 0 aromatic heterocycles. The van der Waals surface area contributed by atoms with Crippen molar-refractivity contribution in [1.82, 2.24) is 0 Å². The van der Waals surface area contributed by atoms with Gasteiger partial charge in [0.1, 0.15) is 0 Å². The standard InChI is InChI=1S/C14H16N2O2/c17-16(18)14-5-3-13(4-6-14)15-9-12-8-10-1-2-11(12)7-10/h1-6,10-12,15H,7-9H2. The van der Waals surface area contributed by atoms with Crippen molar-refractivity contribution in [2.75, 3.05) is 11.9 Å². The first-order valence-corrected chi connectivity index (χ1v) is 6.39. The first-order valence-electron chi connectivity index (χ1n) is 6.39. The Morgan fingerprint density at radius 3 is 2.56 bits per heavy atom. The van der Waals surface area contributed by atoms with E-state index in [1.165, 1.54) is 12.8 Å². The summed E-state index contributed by atoms with van der Waals surface area (Å²) in [5.41, 5.74) is 1.11. The van der Waals surface area contributed by atoms with Crippen LogP contribution in [0.25, 0.3) is 0 Å². The van der Waals surface area contributed by atoms with Crippen LogP contribution in [0.1, 0.15) is 12.8 Å². The lowest BCUT2D eigenvalue weighted by Crippen LogP contribution is -2.18. The monoisotopic (exact) mass is 244 g/mol. The number of rotatable bonds is 4. The summed E-state index contributed by atoms with van der Waals surface area (Å²) in [6.07, 6.45) is 7.27. The van der Waals surface area contributed by atoms with Crippen molar-refractivity contribution >= 4 is 11.4 Å². The van der Waals surface area contributed by atoms with Gasteiger partial charge in [-0.15, -0.1) is 0 Å². The number of nitrogens with one attached hydrogen (secondary N) is 1. The average Bonchev–Trinajstić information content (AvgIpc) is 2.99. The maximum absolute atomic E-state index is 10.5. The van der Waals surface area contributed by atoms with Gasteiger partial charge in [0.25, 0.3) is 5.69 Å². The van der Waals surface area contributed by atoms with Gasteiger partial charge in [0.2, 0.25) is 0 Å². The molecule has 1 aromatic carbocycles. The van der Waals surface area contributed by atoms with E-state index in [1.54, 1.807) is 24.3 Å². The fourth-order valence-corrected chi connectivity index (χ4v) is 3.08. The third-order valence-corrected chi connectivity index (χ3v) is 4.06. The second-order valence-corrected chi connectivity index (χ2v) is 5.23. The summed E-state index contributed by atoms with van der Waals surface area (Å²) in [6.45, 7) is 0.962. The van der Waals surface area contributed by atoms with Gasteiger partial charge in [-0.05, 0) is 42.7 Å². The molecule has 2 aliphatic carbocycles. The third kappa shape index (κ3) is 2.10. The number of hydrogen-bond acceptors (Lipinski definition) is 3. The van der Waals surface area contributed by atoms with Crippen LogP contribution in [0.15, 0.2) is 36.4 Å². The van der Waals surface area contributed by atoms with Crippen LogP contribution in [-0.4, -0.2) is 11.5 Å². The zero-order valence-corrected chi connectivity index (χ0v) is 10.1. The quantitative estimate of drug-likeness (QED) is 0.502. The zero-order chi connectivity index (χ0) is 12.5. The van der Waals surface area contributed by atoms with E-state index in [-0.39, 0.29) is 10.6 Å². The second kappa shape index (κ2) is 4.44. The summed E-state index contributed by atoms with van der Waals surface area (Å²) in [6, 6.07) is 6.65. The molecule has 4 heteroatoms. The van der Waals surface area contributed by atoms with Crippen LogP contribution in [-0.2, 0) is 0 Å². The van der Waals surface area contributed by atoms with Gasteiger partial charge in [0, 0.05) is 24.4 Å². The summed E-state index contributed by atoms with van der Waals surface area (Å²) in [5, 5.41) is 13.9. The topological polar surface area (TPSA) is 55.2 Å². The molecule has 0 heterocycles. The van der Waals surface area contributed by atoms with Crippen molar-refractivity contribution in [2.24, 2.45) is 17.8 Å². The molecule has 0 amide bonds. The number of non-ortho nitro benzene ring substituents is 1. The molecule has 3 unspecified atom stereocenters. The maximum atomic E-state index is 10.5. The van der Waals surface area contributed by atoms with Crippen LogP contribution < -0.4 is 5.32 Å². The van der Waals surface area contributed by atoms with E-state index >= 15 is 0 Å². The molecular formula is C14H16N2O2. The predicted molar refractivity (Wildman–Crippen MR) is 70.4 cm³/mol. The van der Waals surface area contributed by atoms with Crippen molar-refractivity contribution in [1.29, 1.82) is 0 Å². The molecule has 0 saturated heterocycles. The fourth-order valence-electron chi connectivity index (χ4n) is 3.08. The number of anilines is 1. The molecule has 1 aromatic rings. The summed E-state index contributed by atoms with van der Waals surface area (Å²) in [4.78, 5) is 10.2. The first-order chi connectivity index (χ1) is 8.72. The van der Waals surface area contributed by atoms with Gasteiger partial charge in [-0.2, -0.15) is 0 Å². The van der Waals surface area contributed by atoms with E-state index in [9.17, 15) is 10.1 Å². The summed E-state index contributed by atoms with van der Waals surface area (Å²) >= 11 is 0. The lowest BCUT2D eigenvalue weighted by Gasteiger charge is -2.19. The van der Waals surface area contributed by atoms with Crippen molar-refractivity contribution in [2.45, 2.75) is 12.8 Å². The van der Waals surface area contributed by atoms with Crippen molar-refractivity contribution in [3.8, 4) is 0 Å². The third-order valence-electron chi connectivity index (χ3n) is 4.06. The molecule has 1 N–H and O–H groups in total. The molecule has 2 aliphatic rings. The summed E-state index contributed by atoms with van der Waals surface area (Å²) < 4.78 is 0. The Morgan fingerprint density at radius 2 is 2.00 bits per heavy atom. The summed E-state index contributed by atoms with van der Waals surface area (Å²) in [5.74, 6) is 2.24. The van der Waals surface area contributed by atoms with E-state index in [4.69, 9.17) is 0 Å². The van der Waals surface area contributed by atoms with Crippen LogP contribution in [0.2, 0.25) is 0 Å². The Bertz CT molecular complexity index is 481. The van der Waals surface area contributed by atoms with Crippen LogP contribution in [0.3, 0.4) is 0 Å². The van der Waals surface area contributed by atoms with Crippen LogP contribution in [0.5, 0.6) is 0 Å². The normalized spacial score (nSPS) is 28.6. The van der Waals surface area contributed by atoms with Crippen LogP contribution >= 0.6 is 0 Å². The molecule has 94 valence electrons. The van der Waals surface area contributed by atoms with E-state index in [1.807, 2.05) is 0 Å². The van der Waals surface area contributed by atoms with Gasteiger partial charge in [0.05, 0.1) is 4.92 Å². The highest BCUT2D eigenvalue weighted by atomic mass is 16.6. The van der Waals surface area contributed by atoms with Crippen LogP contribution in [0, 0.1) is 27.9 Å². The van der Waals surface area contributed by atoms with Gasteiger partial charge in [-0.25, -0.2) is 0 Å². The SMILES string of the molecule is O=[N+]([O-])c1ccc(NCC2CC3C=CC2C3)cc1. The minimum Gasteiger partial charge on any atom is -0.385 e. The number of fused-ring (bicyclic) bond motifs is 2. The molecule has 0 spiro atoms. The lowest BCUT2D eigenvalue weighted by molar-refractivity contribution is -0.384. The minimum atomic E-state index is -0.371. The van der Waals surface area contributed by atoms with E-state index in [0.717, 1.165) is 30.0 Å². The smallest absolute Gasteiger partial charge is 0.269 e. The average molecular weight is 244 g/mol. The zero-order valence-electron chi connectivity index (χ0n) is 10.1. The first kappa shape index (κ1) is 11.3. The molecule has 4 nitrogen and oxygen atoms in total. The predicted octanol–water partition coefficient (Wildman–Crippen LogP) is 3.22. The Balaban J connectivity index is 1.57. The highest BCUT2D eigenvalue weighted by Gasteiger charge is 2.35. The van der Waals surface area contributed by atoms with Gasteiger partial charge in [-0.1, -0.05) is 12.2 Å². The summed E-state index contributed by atoms with van der Waals surface area (Å²) in [7, 11) is 0. The molecule has 3 atom stereocenters. The van der Waals surface area contributed by atoms with Gasteiger partial charge in [0.15, 0.2) is 0 Å². The second-order valence-electron chi connectivity index (χ2n) is 5.23. The number of nitro benzene ring substituents is 1. The Kier molecular flexibility index (Phi) is 2.78. The number of hydrogen-bond donors (Lipinski definition) is 1. The Labute approximate surface area is 106 Å². The molecule has 18 heavy (non-hydrogen) atoms. The van der Waals surface area contributed by atoms with Crippen molar-refractivity contribution in [3.63, 3.8) is 0 Å². The molecule has 3 rings (SSSR count). The van der Waals surface area contributed by atoms with Crippen molar-refractivity contribution in [3.05, 3.63) is 46.5 Å². The minimum absolute atomic E-state index is 0.142. The van der Waals surface area contributed by atoms with E-state index in [0.29, 0.717) is 0 Å². The van der Waals surface area contributed by atoms with E-state index in [2.05, 4.69) is 17.5 Å². The molecule has 0 radical (unpaired) electrons. The lowest BCUT2D eigenvalue weighted by atomic mass is 9.93. The molecule has 0 aliphatic heterocycles. The molecule has 1 saturated carbocycles. The van der Waals surface area contributed by atoms with Crippen LogP contribution in [0.4, 0.5) is 11.4 Å². The molecule has 1 fully saturated rings. The van der Waals surface area contributed by atoms with Gasteiger partial charge < -0.3 is 5.32 Å². The van der Waals surface area contributed by atoms with E-state index < -0.39 is 0 Å². The van der Waals surface area contributed by atoms with Gasteiger partial charge in [-0.3, -0.25) is 10.1 Å². The Hall–Kier alpha value is -1.84. The van der Waals surface area contributed by atoms with Crippen molar-refractivity contribution < 1.29 is 4.92 Å². The molecular weight excluding hydrogens is 228 g/mol.